The summed E-state index contributed by atoms with van der Waals surface area (Å²) in [6, 6.07) is 13.1. The molecule has 1 aromatic carbocycles. The Morgan fingerprint density at radius 2 is 2.14 bits per heavy atom. The minimum absolute atomic E-state index is 0.0189. The molecule has 2 aromatic heterocycles. The van der Waals surface area contributed by atoms with Crippen LogP contribution >= 0.6 is 0 Å². The van der Waals surface area contributed by atoms with Crippen LogP contribution in [0.25, 0.3) is 11.0 Å². The van der Waals surface area contributed by atoms with Gasteiger partial charge < -0.3 is 19.5 Å². The van der Waals surface area contributed by atoms with Gasteiger partial charge in [-0.3, -0.25) is 14.6 Å². The lowest BCUT2D eigenvalue weighted by molar-refractivity contribution is -0.120. The summed E-state index contributed by atoms with van der Waals surface area (Å²) in [5.74, 6) is 0.559. The molecular weight excluding hydrogens is 368 g/mol. The first kappa shape index (κ1) is 19.0. The molecule has 0 spiro atoms. The van der Waals surface area contributed by atoms with Gasteiger partial charge in [0.25, 0.3) is 5.91 Å². The summed E-state index contributed by atoms with van der Waals surface area (Å²) < 4.78 is 5.96. The molecule has 7 heteroatoms. The number of nitrogens with zero attached hydrogens (tertiary/aromatic N) is 3. The van der Waals surface area contributed by atoms with E-state index in [1.165, 1.54) is 0 Å². The molecule has 1 N–H and O–H groups in total. The van der Waals surface area contributed by atoms with Crippen molar-refractivity contribution in [3.63, 3.8) is 0 Å². The quantitative estimate of drug-likeness (QED) is 0.722. The molecule has 1 saturated heterocycles. The maximum absolute atomic E-state index is 13.2. The Labute approximate surface area is 169 Å². The molecule has 1 atom stereocenters. The van der Waals surface area contributed by atoms with E-state index in [0.717, 1.165) is 22.4 Å². The van der Waals surface area contributed by atoms with Crippen LogP contribution in [0.1, 0.15) is 36.1 Å². The Kier molecular flexibility index (Phi) is 5.20. The number of piperazine rings is 1. The third-order valence-electron chi connectivity index (χ3n) is 5.29. The molecule has 150 valence electrons. The van der Waals surface area contributed by atoms with Gasteiger partial charge in [0.05, 0.1) is 12.6 Å². The number of fused-ring (bicyclic) bond motifs is 1. The van der Waals surface area contributed by atoms with Gasteiger partial charge in [-0.15, -0.1) is 0 Å². The van der Waals surface area contributed by atoms with Crippen LogP contribution in [0.5, 0.6) is 0 Å². The van der Waals surface area contributed by atoms with Crippen LogP contribution in [0, 0.1) is 0 Å². The molecule has 0 radical (unpaired) electrons. The fourth-order valence-corrected chi connectivity index (χ4v) is 3.69. The zero-order valence-corrected chi connectivity index (χ0v) is 16.6. The number of anilines is 1. The number of hydrogen-bond donors (Lipinski definition) is 1. The second-order valence-electron chi connectivity index (χ2n) is 7.12. The zero-order chi connectivity index (χ0) is 20.4. The Bertz CT molecular complexity index is 1010. The van der Waals surface area contributed by atoms with Crippen molar-refractivity contribution < 1.29 is 14.0 Å². The van der Waals surface area contributed by atoms with E-state index in [9.17, 15) is 9.59 Å². The molecule has 2 amide bonds. The van der Waals surface area contributed by atoms with Crippen LogP contribution < -0.4 is 10.2 Å². The first-order valence-electron chi connectivity index (χ1n) is 9.84. The van der Waals surface area contributed by atoms with Crippen molar-refractivity contribution in [3.8, 4) is 0 Å². The van der Waals surface area contributed by atoms with E-state index in [-0.39, 0.29) is 24.4 Å². The van der Waals surface area contributed by atoms with Gasteiger partial charge >= 0.3 is 0 Å². The van der Waals surface area contributed by atoms with Crippen LogP contribution in [0.15, 0.2) is 53.1 Å². The predicted molar refractivity (Wildman–Crippen MR) is 111 cm³/mol. The highest BCUT2D eigenvalue weighted by atomic mass is 16.3. The van der Waals surface area contributed by atoms with Crippen LogP contribution in [0.4, 0.5) is 5.69 Å². The largest absolute Gasteiger partial charge is 0.459 e. The van der Waals surface area contributed by atoms with Crippen molar-refractivity contribution in [2.45, 2.75) is 19.9 Å². The third-order valence-corrected chi connectivity index (χ3v) is 5.29. The minimum atomic E-state index is -0.230. The molecule has 0 saturated carbocycles. The van der Waals surface area contributed by atoms with Gasteiger partial charge in [-0.25, -0.2) is 0 Å². The van der Waals surface area contributed by atoms with E-state index < -0.39 is 0 Å². The number of hydrogen-bond acceptors (Lipinski definition) is 5. The molecule has 4 rings (SSSR count). The number of carbonyl (C=O) groups is 2. The summed E-state index contributed by atoms with van der Waals surface area (Å²) in [7, 11) is 0. The number of rotatable bonds is 5. The highest BCUT2D eigenvalue weighted by molar-refractivity contribution is 5.94. The molecule has 1 fully saturated rings. The lowest BCUT2D eigenvalue weighted by Gasteiger charge is -2.29. The normalized spacial score (nSPS) is 15.2. The van der Waals surface area contributed by atoms with Crippen LogP contribution in [0.2, 0.25) is 0 Å². The maximum atomic E-state index is 13.2. The summed E-state index contributed by atoms with van der Waals surface area (Å²) in [6.07, 6.45) is 1.62. The first-order chi connectivity index (χ1) is 14.1. The maximum Gasteiger partial charge on any atom is 0.273 e. The first-order valence-corrected chi connectivity index (χ1v) is 9.84. The van der Waals surface area contributed by atoms with Crippen LogP contribution in [0.3, 0.4) is 0 Å². The van der Waals surface area contributed by atoms with Gasteiger partial charge in [0, 0.05) is 36.9 Å². The fraction of sp³-hybridized carbons (Fsp3) is 0.318. The van der Waals surface area contributed by atoms with E-state index in [2.05, 4.69) is 10.3 Å². The van der Waals surface area contributed by atoms with E-state index in [4.69, 9.17) is 4.42 Å². The number of amides is 2. The van der Waals surface area contributed by atoms with Crippen LogP contribution in [-0.4, -0.2) is 47.9 Å². The topological polar surface area (TPSA) is 78.7 Å². The Morgan fingerprint density at radius 1 is 1.31 bits per heavy atom. The molecule has 3 aromatic rings. The van der Waals surface area contributed by atoms with Crippen molar-refractivity contribution in [2.75, 3.05) is 31.1 Å². The number of furan rings is 1. The van der Waals surface area contributed by atoms with Gasteiger partial charge in [-0.2, -0.15) is 0 Å². The van der Waals surface area contributed by atoms with Gasteiger partial charge in [-0.1, -0.05) is 18.2 Å². The van der Waals surface area contributed by atoms with Crippen molar-refractivity contribution in [2.24, 2.45) is 0 Å². The average Bonchev–Trinajstić information content (AvgIpc) is 3.18. The summed E-state index contributed by atoms with van der Waals surface area (Å²) in [5.41, 5.74) is 1.99. The van der Waals surface area contributed by atoms with E-state index in [1.54, 1.807) is 17.2 Å². The molecule has 0 bridgehead atoms. The van der Waals surface area contributed by atoms with Gasteiger partial charge in [0.1, 0.15) is 17.0 Å². The van der Waals surface area contributed by atoms with Crippen molar-refractivity contribution in [3.05, 3.63) is 60.1 Å². The number of benzene rings is 1. The lowest BCUT2D eigenvalue weighted by atomic mass is 10.1. The summed E-state index contributed by atoms with van der Waals surface area (Å²) >= 11 is 0. The van der Waals surface area contributed by atoms with Crippen molar-refractivity contribution >= 4 is 28.5 Å². The molecular formula is C22H24N4O3. The molecule has 1 unspecified atom stereocenters. The highest BCUT2D eigenvalue weighted by Gasteiger charge is 2.26. The molecule has 1 aliphatic rings. The van der Waals surface area contributed by atoms with E-state index in [1.807, 2.05) is 55.1 Å². The second-order valence-corrected chi connectivity index (χ2v) is 7.12. The highest BCUT2D eigenvalue weighted by Crippen LogP contribution is 2.28. The number of carbonyl (C=O) groups excluding carboxylic acids is 2. The Hall–Kier alpha value is -3.35. The number of para-hydroxylation sites is 1. The van der Waals surface area contributed by atoms with Crippen LogP contribution in [-0.2, 0) is 4.79 Å². The van der Waals surface area contributed by atoms with Gasteiger partial charge in [0.15, 0.2) is 0 Å². The molecule has 3 heterocycles. The summed E-state index contributed by atoms with van der Waals surface area (Å²) in [4.78, 5) is 32.9. The average molecular weight is 392 g/mol. The molecule has 7 nitrogen and oxygen atoms in total. The smallest absolute Gasteiger partial charge is 0.273 e. The zero-order valence-electron chi connectivity index (χ0n) is 16.6. The predicted octanol–water partition coefficient (Wildman–Crippen LogP) is 2.99. The monoisotopic (exact) mass is 392 g/mol. The molecule has 0 aliphatic carbocycles. The fourth-order valence-electron chi connectivity index (χ4n) is 3.69. The second kappa shape index (κ2) is 7.95. The number of pyridine rings is 1. The molecule has 29 heavy (non-hydrogen) atoms. The van der Waals surface area contributed by atoms with Gasteiger partial charge in [-0.05, 0) is 38.1 Å². The van der Waals surface area contributed by atoms with Crippen molar-refractivity contribution in [1.82, 2.24) is 15.2 Å². The number of aromatic nitrogens is 1. The SMILES string of the molecule is CCN(C(=O)c1cc(N2CCNC(=O)C2)ccn1)C(C)c1cc2ccccc2o1. The van der Waals surface area contributed by atoms with Gasteiger partial charge in [0.2, 0.25) is 5.91 Å². The third kappa shape index (κ3) is 3.81. The standard InChI is InChI=1S/C22H24N4O3/c1-3-26(15(2)20-12-16-6-4-5-7-19(16)29-20)22(28)18-13-17(8-9-23-18)25-11-10-24-21(27)14-25/h4-9,12-13,15H,3,10-11,14H2,1-2H3,(H,24,27). The van der Waals surface area contributed by atoms with Crippen molar-refractivity contribution in [1.29, 1.82) is 0 Å². The number of nitrogens with one attached hydrogen (secondary N) is 1. The lowest BCUT2D eigenvalue weighted by Crippen LogP contribution is -2.47. The Balaban J connectivity index is 1.58. The molecule has 1 aliphatic heterocycles. The van der Waals surface area contributed by atoms with E-state index in [0.29, 0.717) is 25.3 Å². The Morgan fingerprint density at radius 3 is 2.90 bits per heavy atom. The summed E-state index contributed by atoms with van der Waals surface area (Å²) in [5, 5.41) is 3.82. The summed E-state index contributed by atoms with van der Waals surface area (Å²) in [6.45, 7) is 6.00. The van der Waals surface area contributed by atoms with E-state index >= 15 is 0 Å². The minimum Gasteiger partial charge on any atom is -0.459 e.